The molecule has 0 heterocycles. The number of methoxy groups -OCH3 is 1. The van der Waals surface area contributed by atoms with Gasteiger partial charge in [-0.05, 0) is 31.1 Å². The molecule has 0 spiro atoms. The minimum atomic E-state index is -0.377. The van der Waals surface area contributed by atoms with Gasteiger partial charge in [0.15, 0.2) is 6.10 Å². The van der Waals surface area contributed by atoms with E-state index in [0.717, 1.165) is 6.42 Å². The second-order valence-corrected chi connectivity index (χ2v) is 5.83. The predicted molar refractivity (Wildman–Crippen MR) is 72.4 cm³/mol. The van der Waals surface area contributed by atoms with Gasteiger partial charge in [-0.2, -0.15) is 0 Å². The average Bonchev–Trinajstić information content (AvgIpc) is 2.61. The number of hydrogen-bond donors (Lipinski definition) is 0. The molecule has 1 rings (SSSR count). The molecule has 0 saturated heterocycles. The van der Waals surface area contributed by atoms with Crippen LogP contribution in [0.2, 0.25) is 0 Å². The Bertz CT molecular complexity index is 230. The summed E-state index contributed by atoms with van der Waals surface area (Å²) in [4.78, 5) is 11.6. The van der Waals surface area contributed by atoms with Gasteiger partial charge in [0.25, 0.3) is 0 Å². The van der Waals surface area contributed by atoms with Crippen LogP contribution < -0.4 is 0 Å². The molecule has 0 amide bonds. The monoisotopic (exact) mass is 256 g/mol. The van der Waals surface area contributed by atoms with E-state index in [-0.39, 0.29) is 12.1 Å². The van der Waals surface area contributed by atoms with Crippen LogP contribution in [0.3, 0.4) is 0 Å². The van der Waals surface area contributed by atoms with E-state index in [4.69, 9.17) is 9.47 Å². The number of carbonyl (C=O) groups excluding carboxylic acids is 1. The van der Waals surface area contributed by atoms with Crippen LogP contribution in [0.5, 0.6) is 0 Å². The van der Waals surface area contributed by atoms with Crippen molar-refractivity contribution in [2.24, 2.45) is 11.8 Å². The van der Waals surface area contributed by atoms with Crippen LogP contribution in [0.4, 0.5) is 0 Å². The first-order valence-electron chi connectivity index (χ1n) is 7.33. The molecule has 0 aromatic heterocycles. The zero-order valence-corrected chi connectivity index (χ0v) is 12.1. The number of ether oxygens (including phenoxy) is 2. The highest BCUT2D eigenvalue weighted by molar-refractivity contribution is 5.74. The fourth-order valence-electron chi connectivity index (χ4n) is 2.57. The van der Waals surface area contributed by atoms with Crippen molar-refractivity contribution >= 4 is 5.97 Å². The molecule has 0 aromatic carbocycles. The fourth-order valence-corrected chi connectivity index (χ4v) is 2.57. The maximum absolute atomic E-state index is 11.6. The van der Waals surface area contributed by atoms with E-state index < -0.39 is 0 Å². The second-order valence-electron chi connectivity index (χ2n) is 5.83. The standard InChI is InChI=1S/C15H28O3/c1-12(2)10-14(15(16)17-3)18-11-13-8-6-4-5-7-9-13/h12-14H,4-11H2,1-3H3/t14-/m0/s1. The molecule has 18 heavy (non-hydrogen) atoms. The molecule has 1 saturated carbocycles. The van der Waals surface area contributed by atoms with Gasteiger partial charge in [0.2, 0.25) is 0 Å². The number of hydrogen-bond acceptors (Lipinski definition) is 3. The average molecular weight is 256 g/mol. The zero-order valence-electron chi connectivity index (χ0n) is 12.1. The van der Waals surface area contributed by atoms with Crippen molar-refractivity contribution < 1.29 is 14.3 Å². The van der Waals surface area contributed by atoms with Crippen LogP contribution >= 0.6 is 0 Å². The van der Waals surface area contributed by atoms with E-state index in [1.165, 1.54) is 45.6 Å². The summed E-state index contributed by atoms with van der Waals surface area (Å²) < 4.78 is 10.6. The smallest absolute Gasteiger partial charge is 0.334 e. The fraction of sp³-hybridized carbons (Fsp3) is 0.933. The van der Waals surface area contributed by atoms with Crippen LogP contribution in [0.25, 0.3) is 0 Å². The summed E-state index contributed by atoms with van der Waals surface area (Å²) in [5.41, 5.74) is 0. The Labute approximate surface area is 111 Å². The van der Waals surface area contributed by atoms with Gasteiger partial charge in [0.05, 0.1) is 13.7 Å². The third-order valence-corrected chi connectivity index (χ3v) is 3.66. The Kier molecular flexibility index (Phi) is 7.33. The Morgan fingerprint density at radius 3 is 2.28 bits per heavy atom. The molecule has 1 atom stereocenters. The summed E-state index contributed by atoms with van der Waals surface area (Å²) in [7, 11) is 1.44. The summed E-state index contributed by atoms with van der Waals surface area (Å²) in [5, 5.41) is 0. The number of carbonyl (C=O) groups is 1. The molecule has 0 unspecified atom stereocenters. The lowest BCUT2D eigenvalue weighted by Crippen LogP contribution is -2.29. The van der Waals surface area contributed by atoms with Crippen LogP contribution in [0, 0.1) is 11.8 Å². The highest BCUT2D eigenvalue weighted by atomic mass is 16.6. The van der Waals surface area contributed by atoms with E-state index in [0.29, 0.717) is 18.4 Å². The van der Waals surface area contributed by atoms with Crippen molar-refractivity contribution in [1.29, 1.82) is 0 Å². The molecule has 1 aliphatic rings. The molecule has 3 nitrogen and oxygen atoms in total. The Morgan fingerprint density at radius 2 is 1.78 bits per heavy atom. The lowest BCUT2D eigenvalue weighted by molar-refractivity contribution is -0.156. The summed E-state index contributed by atoms with van der Waals surface area (Å²) in [5.74, 6) is 0.854. The normalized spacial score (nSPS) is 19.6. The van der Waals surface area contributed by atoms with Crippen LogP contribution in [0.1, 0.15) is 58.8 Å². The predicted octanol–water partition coefficient (Wildman–Crippen LogP) is 3.56. The van der Waals surface area contributed by atoms with Crippen molar-refractivity contribution in [3.05, 3.63) is 0 Å². The topological polar surface area (TPSA) is 35.5 Å². The van der Waals surface area contributed by atoms with Gasteiger partial charge >= 0.3 is 5.97 Å². The van der Waals surface area contributed by atoms with Gasteiger partial charge in [-0.25, -0.2) is 4.79 Å². The third-order valence-electron chi connectivity index (χ3n) is 3.66. The molecule has 0 aromatic rings. The van der Waals surface area contributed by atoms with Crippen molar-refractivity contribution in [2.45, 2.75) is 64.9 Å². The molecule has 3 heteroatoms. The van der Waals surface area contributed by atoms with Gasteiger partial charge in [0, 0.05) is 0 Å². The molecule has 0 bridgehead atoms. The molecule has 0 N–H and O–H groups in total. The Morgan fingerprint density at radius 1 is 1.17 bits per heavy atom. The molecular formula is C15H28O3. The van der Waals surface area contributed by atoms with Gasteiger partial charge in [-0.15, -0.1) is 0 Å². The van der Waals surface area contributed by atoms with Gasteiger partial charge in [0.1, 0.15) is 0 Å². The highest BCUT2D eigenvalue weighted by Crippen LogP contribution is 2.24. The van der Waals surface area contributed by atoms with Gasteiger partial charge < -0.3 is 9.47 Å². The molecular weight excluding hydrogens is 228 g/mol. The molecule has 1 aliphatic carbocycles. The van der Waals surface area contributed by atoms with Crippen LogP contribution in [-0.4, -0.2) is 25.8 Å². The largest absolute Gasteiger partial charge is 0.467 e. The van der Waals surface area contributed by atoms with E-state index in [1.807, 2.05) is 0 Å². The van der Waals surface area contributed by atoms with Crippen molar-refractivity contribution in [3.63, 3.8) is 0 Å². The Balaban J connectivity index is 2.37. The van der Waals surface area contributed by atoms with Crippen molar-refractivity contribution in [3.8, 4) is 0 Å². The first kappa shape index (κ1) is 15.5. The lowest BCUT2D eigenvalue weighted by Gasteiger charge is -2.21. The second kappa shape index (κ2) is 8.52. The molecule has 0 aliphatic heterocycles. The quantitative estimate of drug-likeness (QED) is 0.538. The van der Waals surface area contributed by atoms with Gasteiger partial charge in [-0.1, -0.05) is 39.5 Å². The van der Waals surface area contributed by atoms with Gasteiger partial charge in [-0.3, -0.25) is 0 Å². The SMILES string of the molecule is COC(=O)[C@H](CC(C)C)OCC1CCCCCC1. The number of esters is 1. The summed E-state index contributed by atoms with van der Waals surface area (Å²) >= 11 is 0. The molecule has 0 radical (unpaired) electrons. The molecule has 1 fully saturated rings. The maximum atomic E-state index is 11.6. The summed E-state index contributed by atoms with van der Waals surface area (Å²) in [6.45, 7) is 4.92. The lowest BCUT2D eigenvalue weighted by atomic mass is 10.0. The van der Waals surface area contributed by atoms with E-state index in [1.54, 1.807) is 0 Å². The van der Waals surface area contributed by atoms with E-state index in [2.05, 4.69) is 13.8 Å². The number of rotatable bonds is 6. The summed E-state index contributed by atoms with van der Waals surface area (Å²) in [6, 6.07) is 0. The highest BCUT2D eigenvalue weighted by Gasteiger charge is 2.23. The maximum Gasteiger partial charge on any atom is 0.334 e. The zero-order chi connectivity index (χ0) is 13.4. The first-order chi connectivity index (χ1) is 8.63. The first-order valence-corrected chi connectivity index (χ1v) is 7.33. The minimum Gasteiger partial charge on any atom is -0.467 e. The Hall–Kier alpha value is -0.570. The third kappa shape index (κ3) is 5.85. The van der Waals surface area contributed by atoms with Crippen LogP contribution in [-0.2, 0) is 14.3 Å². The van der Waals surface area contributed by atoms with Crippen LogP contribution in [0.15, 0.2) is 0 Å². The summed E-state index contributed by atoms with van der Waals surface area (Å²) in [6.07, 6.45) is 8.18. The molecule has 106 valence electrons. The minimum absolute atomic E-state index is 0.225. The van der Waals surface area contributed by atoms with E-state index >= 15 is 0 Å². The van der Waals surface area contributed by atoms with Crippen molar-refractivity contribution in [2.75, 3.05) is 13.7 Å². The van der Waals surface area contributed by atoms with Crippen molar-refractivity contribution in [1.82, 2.24) is 0 Å². The van der Waals surface area contributed by atoms with E-state index in [9.17, 15) is 4.79 Å².